The van der Waals surface area contributed by atoms with Crippen molar-refractivity contribution in [3.05, 3.63) is 89.2 Å². The molecule has 8 heteroatoms. The Kier molecular flexibility index (Phi) is 5.69. The number of halogens is 1. The van der Waals surface area contributed by atoms with Crippen LogP contribution >= 0.6 is 11.8 Å². The van der Waals surface area contributed by atoms with Gasteiger partial charge in [-0.3, -0.25) is 9.59 Å². The minimum absolute atomic E-state index is 0.190. The number of fused-ring (bicyclic) bond motifs is 2. The third-order valence-electron chi connectivity index (χ3n) is 6.24. The Labute approximate surface area is 201 Å². The maximum atomic E-state index is 14.1. The third kappa shape index (κ3) is 3.49. The molecule has 1 saturated heterocycles. The lowest BCUT2D eigenvalue weighted by atomic mass is 10.0. The Hall–Kier alpha value is -3.52. The van der Waals surface area contributed by atoms with Gasteiger partial charge in [-0.1, -0.05) is 12.1 Å². The van der Waals surface area contributed by atoms with Crippen molar-refractivity contribution in [2.24, 2.45) is 0 Å². The zero-order valence-corrected chi connectivity index (χ0v) is 19.6. The number of amides is 2. The van der Waals surface area contributed by atoms with E-state index in [1.165, 1.54) is 23.9 Å². The Morgan fingerprint density at radius 1 is 1.00 bits per heavy atom. The lowest BCUT2D eigenvalue weighted by Gasteiger charge is -2.33. The van der Waals surface area contributed by atoms with Gasteiger partial charge < -0.3 is 19.3 Å². The van der Waals surface area contributed by atoms with Crippen LogP contribution in [-0.4, -0.2) is 43.2 Å². The molecule has 0 bridgehead atoms. The molecular weight excluding hydrogens is 455 g/mol. The largest absolute Gasteiger partial charge is 0.497 e. The van der Waals surface area contributed by atoms with Crippen LogP contribution in [-0.2, 0) is 16.2 Å². The van der Waals surface area contributed by atoms with Crippen molar-refractivity contribution in [2.75, 3.05) is 31.4 Å². The van der Waals surface area contributed by atoms with Crippen LogP contribution in [0.1, 0.15) is 21.5 Å². The van der Waals surface area contributed by atoms with Crippen LogP contribution in [0.5, 0.6) is 11.5 Å². The van der Waals surface area contributed by atoms with Gasteiger partial charge in [-0.15, -0.1) is 11.8 Å². The van der Waals surface area contributed by atoms with Gasteiger partial charge in [0, 0.05) is 23.4 Å². The first-order chi connectivity index (χ1) is 16.5. The lowest BCUT2D eigenvalue weighted by Crippen LogP contribution is -2.50. The molecule has 3 aromatic rings. The van der Waals surface area contributed by atoms with Crippen molar-refractivity contribution in [3.8, 4) is 11.5 Å². The summed E-state index contributed by atoms with van der Waals surface area (Å²) in [6, 6.07) is 18.5. The van der Waals surface area contributed by atoms with E-state index >= 15 is 0 Å². The molecule has 2 heterocycles. The summed E-state index contributed by atoms with van der Waals surface area (Å²) in [7, 11) is 3.14. The van der Waals surface area contributed by atoms with Gasteiger partial charge in [-0.2, -0.15) is 0 Å². The van der Waals surface area contributed by atoms with Crippen LogP contribution in [0.15, 0.2) is 66.7 Å². The summed E-state index contributed by atoms with van der Waals surface area (Å²) in [5.41, 5.74) is 2.72. The van der Waals surface area contributed by atoms with Gasteiger partial charge in [0.15, 0.2) is 4.87 Å². The monoisotopic (exact) mass is 478 g/mol. The number of ether oxygens (including phenoxy) is 2. The van der Waals surface area contributed by atoms with E-state index < -0.39 is 4.87 Å². The van der Waals surface area contributed by atoms with E-state index in [4.69, 9.17) is 9.47 Å². The van der Waals surface area contributed by atoms with Gasteiger partial charge in [0.2, 0.25) is 0 Å². The molecule has 2 aliphatic heterocycles. The molecule has 174 valence electrons. The topological polar surface area (TPSA) is 59.1 Å². The molecule has 0 radical (unpaired) electrons. The molecule has 2 amide bonds. The van der Waals surface area contributed by atoms with Crippen LogP contribution in [0.25, 0.3) is 0 Å². The van der Waals surface area contributed by atoms with Gasteiger partial charge >= 0.3 is 0 Å². The molecule has 0 aliphatic carbocycles. The number of nitrogens with zero attached hydrogens (tertiary/aromatic N) is 2. The molecule has 1 atom stereocenters. The molecule has 5 rings (SSSR count). The maximum absolute atomic E-state index is 14.1. The molecule has 3 aromatic carbocycles. The van der Waals surface area contributed by atoms with Crippen LogP contribution < -0.4 is 14.4 Å². The quantitative estimate of drug-likeness (QED) is 0.543. The third-order valence-corrected chi connectivity index (χ3v) is 7.66. The summed E-state index contributed by atoms with van der Waals surface area (Å²) in [6.45, 7) is 0.702. The molecule has 0 saturated carbocycles. The fourth-order valence-electron chi connectivity index (χ4n) is 4.54. The van der Waals surface area contributed by atoms with Crippen molar-refractivity contribution in [2.45, 2.75) is 11.4 Å². The standard InChI is InChI=1S/C26H23FN2O4S/c1-32-20-9-5-18(6-10-20)24(30)29-13-14-34-26(29)22-15-21(33-2)11-12-23(22)28(25(26)31)16-17-3-7-19(27)8-4-17/h3-12,15H,13-14,16H2,1-2H3/t26-/m0/s1. The number of rotatable bonds is 5. The van der Waals surface area contributed by atoms with E-state index in [0.717, 1.165) is 16.8 Å². The van der Waals surface area contributed by atoms with Crippen molar-refractivity contribution in [3.63, 3.8) is 0 Å². The normalized spacial score (nSPS) is 19.0. The van der Waals surface area contributed by atoms with Crippen molar-refractivity contribution < 1.29 is 23.5 Å². The molecule has 34 heavy (non-hydrogen) atoms. The highest BCUT2D eigenvalue weighted by Gasteiger charge is 2.59. The SMILES string of the molecule is COc1ccc(C(=O)N2CCS[C@@]23C(=O)N(Cc2ccc(F)cc2)c2ccc(OC)cc23)cc1. The Morgan fingerprint density at radius 3 is 2.35 bits per heavy atom. The predicted octanol–water partition coefficient (Wildman–Crippen LogP) is 4.43. The second-order valence-electron chi connectivity index (χ2n) is 8.08. The van der Waals surface area contributed by atoms with Crippen molar-refractivity contribution in [1.82, 2.24) is 4.90 Å². The number of carbonyl (C=O) groups is 2. The lowest BCUT2D eigenvalue weighted by molar-refractivity contribution is -0.123. The zero-order chi connectivity index (χ0) is 23.9. The summed E-state index contributed by atoms with van der Waals surface area (Å²) >= 11 is 1.45. The van der Waals surface area contributed by atoms with E-state index in [2.05, 4.69) is 0 Å². The smallest absolute Gasteiger partial charge is 0.268 e. The maximum Gasteiger partial charge on any atom is 0.268 e. The van der Waals surface area contributed by atoms with E-state index in [-0.39, 0.29) is 24.2 Å². The average Bonchev–Trinajstić information content (AvgIpc) is 3.41. The van der Waals surface area contributed by atoms with Crippen LogP contribution in [0, 0.1) is 5.82 Å². The molecule has 0 N–H and O–H groups in total. The van der Waals surface area contributed by atoms with E-state index in [0.29, 0.717) is 29.4 Å². The van der Waals surface area contributed by atoms with Crippen molar-refractivity contribution in [1.29, 1.82) is 0 Å². The van der Waals surface area contributed by atoms with Crippen LogP contribution in [0.3, 0.4) is 0 Å². The summed E-state index contributed by atoms with van der Waals surface area (Å²) in [4.78, 5) is 29.9. The first-order valence-corrected chi connectivity index (χ1v) is 11.8. The number of benzene rings is 3. The highest BCUT2D eigenvalue weighted by molar-refractivity contribution is 8.01. The highest BCUT2D eigenvalue weighted by atomic mass is 32.2. The summed E-state index contributed by atoms with van der Waals surface area (Å²) < 4.78 is 24.1. The molecular formula is C26H23FN2O4S. The number of anilines is 1. The Morgan fingerprint density at radius 2 is 1.68 bits per heavy atom. The molecule has 6 nitrogen and oxygen atoms in total. The van der Waals surface area contributed by atoms with Gasteiger partial charge in [-0.05, 0) is 60.2 Å². The minimum Gasteiger partial charge on any atom is -0.497 e. The first-order valence-electron chi connectivity index (χ1n) is 10.8. The molecule has 0 aromatic heterocycles. The predicted molar refractivity (Wildman–Crippen MR) is 129 cm³/mol. The number of thioether (sulfide) groups is 1. The second-order valence-corrected chi connectivity index (χ2v) is 9.37. The van der Waals surface area contributed by atoms with Crippen LogP contribution in [0.4, 0.5) is 10.1 Å². The Balaban J connectivity index is 1.58. The average molecular weight is 479 g/mol. The van der Waals surface area contributed by atoms with Gasteiger partial charge in [-0.25, -0.2) is 4.39 Å². The van der Waals surface area contributed by atoms with Gasteiger partial charge in [0.25, 0.3) is 11.8 Å². The Bertz CT molecular complexity index is 1250. The van der Waals surface area contributed by atoms with Gasteiger partial charge in [0.05, 0.1) is 26.5 Å². The fraction of sp³-hybridized carbons (Fsp3) is 0.231. The van der Waals surface area contributed by atoms with E-state index in [1.54, 1.807) is 66.5 Å². The van der Waals surface area contributed by atoms with Gasteiger partial charge in [0.1, 0.15) is 17.3 Å². The zero-order valence-electron chi connectivity index (χ0n) is 18.8. The van der Waals surface area contributed by atoms with E-state index in [9.17, 15) is 14.0 Å². The van der Waals surface area contributed by atoms with Crippen molar-refractivity contribution >= 4 is 29.3 Å². The number of hydrogen-bond donors (Lipinski definition) is 0. The number of methoxy groups -OCH3 is 2. The van der Waals surface area contributed by atoms with E-state index in [1.807, 2.05) is 12.1 Å². The summed E-state index contributed by atoms with van der Waals surface area (Å²) in [6.07, 6.45) is 0. The first kappa shape index (κ1) is 22.3. The molecule has 1 spiro atoms. The summed E-state index contributed by atoms with van der Waals surface area (Å²) in [5.74, 6) is 1.14. The molecule has 0 unspecified atom stereocenters. The number of hydrogen-bond acceptors (Lipinski definition) is 5. The summed E-state index contributed by atoms with van der Waals surface area (Å²) in [5, 5.41) is 0. The molecule has 1 fully saturated rings. The number of carbonyl (C=O) groups excluding carboxylic acids is 2. The second kappa shape index (κ2) is 8.68. The minimum atomic E-state index is -1.19. The highest BCUT2D eigenvalue weighted by Crippen LogP contribution is 2.55. The fourth-order valence-corrected chi connectivity index (χ4v) is 5.99. The van der Waals surface area contributed by atoms with Crippen LogP contribution in [0.2, 0.25) is 0 Å². The molecule has 2 aliphatic rings.